The van der Waals surface area contributed by atoms with Gasteiger partial charge in [0.2, 0.25) is 0 Å². The molecule has 2 aliphatic carbocycles. The van der Waals surface area contributed by atoms with Gasteiger partial charge in [-0.3, -0.25) is 4.84 Å². The zero-order valence-corrected chi connectivity index (χ0v) is 7.20. The predicted octanol–water partition coefficient (Wildman–Crippen LogP) is 1.26. The summed E-state index contributed by atoms with van der Waals surface area (Å²) in [7, 11) is 3.29. The number of hydroxylamine groups is 1. The Labute approximate surface area is 70.8 Å². The zero-order chi connectivity index (χ0) is 8.55. The molecule has 0 saturated carbocycles. The molecule has 0 aromatic carbocycles. The fourth-order valence-corrected chi connectivity index (χ4v) is 1.31. The van der Waals surface area contributed by atoms with Crippen molar-refractivity contribution in [3.05, 3.63) is 28.6 Å². The normalized spacial score (nSPS) is 11.5. The van der Waals surface area contributed by atoms with Crippen LogP contribution in [-0.2, 0) is 9.57 Å². The van der Waals surface area contributed by atoms with Gasteiger partial charge in [0.1, 0.15) is 6.73 Å². The Morgan fingerprint density at radius 1 is 1.33 bits per heavy atom. The highest BCUT2D eigenvalue weighted by molar-refractivity contribution is 5.54. The van der Waals surface area contributed by atoms with E-state index < -0.39 is 0 Å². The minimum atomic E-state index is 0.465. The third-order valence-corrected chi connectivity index (χ3v) is 2.04. The van der Waals surface area contributed by atoms with Crippen LogP contribution in [0.5, 0.6) is 0 Å². The van der Waals surface area contributed by atoms with Gasteiger partial charge in [-0.05, 0) is 11.3 Å². The van der Waals surface area contributed by atoms with E-state index in [1.54, 1.807) is 19.3 Å². The van der Waals surface area contributed by atoms with Crippen molar-refractivity contribution in [3.8, 4) is 0 Å². The van der Waals surface area contributed by atoms with Crippen LogP contribution in [0.3, 0.4) is 0 Å². The largest absolute Gasteiger partial charge is 0.362 e. The van der Waals surface area contributed by atoms with Crippen LogP contribution in [0.1, 0.15) is 0 Å². The minimum absolute atomic E-state index is 0.465. The Hall–Kier alpha value is -1.06. The summed E-state index contributed by atoms with van der Waals surface area (Å²) in [6, 6.07) is 6.24. The van der Waals surface area contributed by atoms with Crippen LogP contribution >= 0.6 is 0 Å². The first kappa shape index (κ1) is 7.58. The number of benzene rings is 1. The molecule has 0 N–H and O–H groups in total. The quantitative estimate of drug-likeness (QED) is 0.503. The maximum absolute atomic E-state index is 5.12. The SMILES string of the molecule is COCN(OC)c1cc2ccc1=2. The molecule has 0 aromatic heterocycles. The van der Waals surface area contributed by atoms with Crippen molar-refractivity contribution in [3.63, 3.8) is 0 Å². The van der Waals surface area contributed by atoms with Crippen molar-refractivity contribution in [2.24, 2.45) is 0 Å². The molecule has 0 atom stereocenters. The summed E-state index contributed by atoms with van der Waals surface area (Å²) in [6.07, 6.45) is 0. The number of rotatable bonds is 4. The third-order valence-electron chi connectivity index (χ3n) is 2.04. The van der Waals surface area contributed by atoms with Gasteiger partial charge in [-0.1, -0.05) is 12.1 Å². The van der Waals surface area contributed by atoms with E-state index in [2.05, 4.69) is 18.2 Å². The van der Waals surface area contributed by atoms with Gasteiger partial charge < -0.3 is 4.74 Å². The summed E-state index contributed by atoms with van der Waals surface area (Å²) in [5, 5.41) is 4.31. The lowest BCUT2D eigenvalue weighted by molar-refractivity contribution is 0.0733. The molecular weight excluding hydrogens is 154 g/mol. The Kier molecular flexibility index (Phi) is 1.75. The number of nitrogens with zero attached hydrogens (tertiary/aromatic N) is 1. The first-order valence-corrected chi connectivity index (χ1v) is 3.82. The minimum Gasteiger partial charge on any atom is -0.362 e. The summed E-state index contributed by atoms with van der Waals surface area (Å²) in [5.74, 6) is 0. The summed E-state index contributed by atoms with van der Waals surface area (Å²) in [5.41, 5.74) is 1.11. The standard InChI is InChI=1S/C9H11NO2/c1-11-6-10(12-2)9-5-7-3-4-8(7)9/h3-5H,6H2,1-2H3. The lowest BCUT2D eigenvalue weighted by atomic mass is 10.0. The molecule has 0 heterocycles. The molecule has 0 fully saturated rings. The molecule has 0 saturated heterocycles. The van der Waals surface area contributed by atoms with E-state index in [0.29, 0.717) is 6.73 Å². The molecule has 12 heavy (non-hydrogen) atoms. The van der Waals surface area contributed by atoms with Gasteiger partial charge in [0.25, 0.3) is 0 Å². The van der Waals surface area contributed by atoms with Gasteiger partial charge >= 0.3 is 0 Å². The second-order valence-electron chi connectivity index (χ2n) is 2.71. The monoisotopic (exact) mass is 165 g/mol. The van der Waals surface area contributed by atoms with Crippen LogP contribution in [-0.4, -0.2) is 21.0 Å². The van der Waals surface area contributed by atoms with E-state index in [-0.39, 0.29) is 0 Å². The summed E-state index contributed by atoms with van der Waals surface area (Å²) < 4.78 is 4.97. The molecule has 0 radical (unpaired) electrons. The highest BCUT2D eigenvalue weighted by Gasteiger charge is 2.12. The van der Waals surface area contributed by atoms with E-state index in [1.165, 1.54) is 10.4 Å². The number of anilines is 1. The molecule has 0 amide bonds. The van der Waals surface area contributed by atoms with Crippen molar-refractivity contribution >= 4 is 5.69 Å². The van der Waals surface area contributed by atoms with Gasteiger partial charge in [0, 0.05) is 12.3 Å². The van der Waals surface area contributed by atoms with Gasteiger partial charge in [0.05, 0.1) is 12.8 Å². The van der Waals surface area contributed by atoms with E-state index >= 15 is 0 Å². The Balaban J connectivity index is 2.15. The molecule has 3 heteroatoms. The third kappa shape index (κ3) is 0.906. The van der Waals surface area contributed by atoms with Crippen LogP contribution in [0.2, 0.25) is 0 Å². The Morgan fingerprint density at radius 2 is 2.17 bits per heavy atom. The first-order valence-electron chi connectivity index (χ1n) is 3.82. The van der Waals surface area contributed by atoms with E-state index in [9.17, 15) is 0 Å². The van der Waals surface area contributed by atoms with Gasteiger partial charge in [0.15, 0.2) is 0 Å². The summed E-state index contributed by atoms with van der Waals surface area (Å²) in [6.45, 7) is 0.465. The molecule has 2 rings (SSSR count). The van der Waals surface area contributed by atoms with Crippen LogP contribution in [0.15, 0.2) is 18.2 Å². The zero-order valence-electron chi connectivity index (χ0n) is 7.20. The predicted molar refractivity (Wildman–Crippen MR) is 45.5 cm³/mol. The Bertz CT molecular complexity index is 375. The number of hydrogen-bond acceptors (Lipinski definition) is 3. The maximum atomic E-state index is 5.12. The number of methoxy groups -OCH3 is 1. The summed E-state index contributed by atoms with van der Waals surface area (Å²) in [4.78, 5) is 5.12. The van der Waals surface area contributed by atoms with Gasteiger partial charge in [-0.25, -0.2) is 5.06 Å². The maximum Gasteiger partial charge on any atom is 0.143 e. The molecule has 64 valence electrons. The molecule has 0 aromatic rings. The summed E-state index contributed by atoms with van der Waals surface area (Å²) >= 11 is 0. The van der Waals surface area contributed by atoms with Crippen molar-refractivity contribution in [1.82, 2.24) is 0 Å². The van der Waals surface area contributed by atoms with Crippen molar-refractivity contribution in [2.45, 2.75) is 0 Å². The lowest BCUT2D eigenvalue weighted by Gasteiger charge is -2.24. The number of ether oxygens (including phenoxy) is 1. The molecule has 0 bridgehead atoms. The lowest BCUT2D eigenvalue weighted by Crippen LogP contribution is -2.25. The van der Waals surface area contributed by atoms with Crippen LogP contribution in [0.4, 0.5) is 5.69 Å². The van der Waals surface area contributed by atoms with Crippen molar-refractivity contribution < 1.29 is 9.57 Å². The molecular formula is C9H11NO2. The average molecular weight is 165 g/mol. The molecule has 0 spiro atoms. The topological polar surface area (TPSA) is 21.7 Å². The van der Waals surface area contributed by atoms with E-state index in [0.717, 1.165) is 5.69 Å². The van der Waals surface area contributed by atoms with Gasteiger partial charge in [-0.2, -0.15) is 0 Å². The molecule has 0 unspecified atom stereocenters. The smallest absolute Gasteiger partial charge is 0.143 e. The molecule has 0 aliphatic heterocycles. The fraction of sp³-hybridized carbons (Fsp3) is 0.333. The van der Waals surface area contributed by atoms with E-state index in [4.69, 9.17) is 9.57 Å². The Morgan fingerprint density at radius 3 is 2.50 bits per heavy atom. The van der Waals surface area contributed by atoms with E-state index in [1.807, 2.05) is 0 Å². The molecule has 3 nitrogen and oxygen atoms in total. The van der Waals surface area contributed by atoms with Gasteiger partial charge in [-0.15, -0.1) is 0 Å². The highest BCUT2D eigenvalue weighted by atomic mass is 16.7. The van der Waals surface area contributed by atoms with Crippen molar-refractivity contribution in [2.75, 3.05) is 26.0 Å². The molecule has 2 aliphatic rings. The van der Waals surface area contributed by atoms with Crippen LogP contribution in [0, 0.1) is 10.4 Å². The van der Waals surface area contributed by atoms with Crippen LogP contribution in [0.25, 0.3) is 0 Å². The van der Waals surface area contributed by atoms with Crippen molar-refractivity contribution in [1.29, 1.82) is 0 Å². The second kappa shape index (κ2) is 2.77. The second-order valence-corrected chi connectivity index (χ2v) is 2.71. The van der Waals surface area contributed by atoms with Crippen LogP contribution < -0.4 is 5.06 Å². The average Bonchev–Trinajstić information content (AvgIpc) is 2.06. The number of hydrogen-bond donors (Lipinski definition) is 0. The first-order chi connectivity index (χ1) is 5.86. The highest BCUT2D eigenvalue weighted by Crippen LogP contribution is 2.25. The fourth-order valence-electron chi connectivity index (χ4n) is 1.31.